The van der Waals surface area contributed by atoms with E-state index in [9.17, 15) is 4.79 Å². The molecule has 3 aromatic rings. The standard InChI is InChI=1S/C27H34N6O2/c1-8-21-16-32(26-25-23(31(7)27(34)30-26)13-14-24(28-6)29-25)18(4)15-33(21)19(5)20-9-11-22(12-10-20)35-17(2)3/h9-14,17-19,21H,8,15-16H2,1-5,7H3/t18-,19?,21+/m0/s1. The highest BCUT2D eigenvalue weighted by Crippen LogP contribution is 2.33. The van der Waals surface area contributed by atoms with Gasteiger partial charge in [0.1, 0.15) is 5.75 Å². The number of hydrogen-bond acceptors (Lipinski definition) is 6. The van der Waals surface area contributed by atoms with Gasteiger partial charge in [-0.3, -0.25) is 9.47 Å². The third-order valence-corrected chi connectivity index (χ3v) is 6.89. The van der Waals surface area contributed by atoms with Crippen LogP contribution in [0.1, 0.15) is 52.6 Å². The zero-order valence-corrected chi connectivity index (χ0v) is 21.4. The molecule has 0 amide bonds. The predicted octanol–water partition coefficient (Wildman–Crippen LogP) is 4.72. The Kier molecular flexibility index (Phi) is 7.08. The molecular formula is C27H34N6O2. The predicted molar refractivity (Wildman–Crippen MR) is 139 cm³/mol. The van der Waals surface area contributed by atoms with Gasteiger partial charge in [0.2, 0.25) is 5.52 Å². The van der Waals surface area contributed by atoms with E-state index in [1.54, 1.807) is 19.2 Å². The first-order valence-corrected chi connectivity index (χ1v) is 12.3. The van der Waals surface area contributed by atoms with Crippen LogP contribution in [0.25, 0.3) is 15.9 Å². The van der Waals surface area contributed by atoms with E-state index in [1.807, 2.05) is 26.0 Å². The van der Waals surface area contributed by atoms with Crippen molar-refractivity contribution in [1.29, 1.82) is 0 Å². The van der Waals surface area contributed by atoms with E-state index < -0.39 is 0 Å². The molecule has 0 saturated carbocycles. The first-order chi connectivity index (χ1) is 16.7. The number of aromatic nitrogens is 3. The third-order valence-electron chi connectivity index (χ3n) is 6.89. The van der Waals surface area contributed by atoms with E-state index in [1.165, 1.54) is 10.1 Å². The normalized spacial score (nSPS) is 19.7. The molecule has 1 fully saturated rings. The zero-order chi connectivity index (χ0) is 25.3. The monoisotopic (exact) mass is 474 g/mol. The minimum atomic E-state index is -0.315. The molecule has 1 unspecified atom stereocenters. The number of fused-ring (bicyclic) bond motifs is 1. The Morgan fingerprint density at radius 3 is 2.46 bits per heavy atom. The maximum Gasteiger partial charge on any atom is 0.350 e. The van der Waals surface area contributed by atoms with Crippen molar-refractivity contribution in [2.24, 2.45) is 7.05 Å². The second kappa shape index (κ2) is 10.0. The highest BCUT2D eigenvalue weighted by molar-refractivity contribution is 5.87. The number of hydrogen-bond donors (Lipinski definition) is 0. The molecule has 1 aromatic carbocycles. The summed E-state index contributed by atoms with van der Waals surface area (Å²) in [7, 11) is 1.69. The van der Waals surface area contributed by atoms with Crippen LogP contribution in [0.3, 0.4) is 0 Å². The minimum Gasteiger partial charge on any atom is -0.491 e. The molecule has 3 atom stereocenters. The van der Waals surface area contributed by atoms with Gasteiger partial charge < -0.3 is 14.5 Å². The van der Waals surface area contributed by atoms with Crippen LogP contribution >= 0.6 is 0 Å². The summed E-state index contributed by atoms with van der Waals surface area (Å²) in [5.41, 5.74) is 2.22. The molecule has 1 aliphatic heterocycles. The van der Waals surface area contributed by atoms with Crippen molar-refractivity contribution in [2.45, 2.75) is 65.3 Å². The fourth-order valence-corrected chi connectivity index (χ4v) is 4.95. The molecule has 8 nitrogen and oxygen atoms in total. The van der Waals surface area contributed by atoms with Gasteiger partial charge in [0.15, 0.2) is 5.82 Å². The lowest BCUT2D eigenvalue weighted by Crippen LogP contribution is -2.58. The van der Waals surface area contributed by atoms with Crippen molar-refractivity contribution in [2.75, 3.05) is 18.0 Å². The Hall–Kier alpha value is -3.44. The maximum atomic E-state index is 12.7. The fraction of sp³-hybridized carbons (Fsp3) is 0.481. The molecular weight excluding hydrogens is 440 g/mol. The number of nitrogens with zero attached hydrogens (tertiary/aromatic N) is 6. The Morgan fingerprint density at radius 2 is 1.83 bits per heavy atom. The summed E-state index contributed by atoms with van der Waals surface area (Å²) in [6, 6.07) is 12.4. The number of benzene rings is 1. The van der Waals surface area contributed by atoms with Crippen LogP contribution in [0.4, 0.5) is 11.6 Å². The SMILES string of the molecule is [C-]#[N+]c1ccc2c(n1)c(N1C[C@@H](CC)N(C(C)c3ccc(OC(C)C)cc3)C[C@@H]1C)nc(=O)n2C. The summed E-state index contributed by atoms with van der Waals surface area (Å²) < 4.78 is 7.30. The lowest BCUT2D eigenvalue weighted by molar-refractivity contribution is 0.105. The molecule has 4 rings (SSSR count). The van der Waals surface area contributed by atoms with Gasteiger partial charge in [-0.1, -0.05) is 25.6 Å². The molecule has 0 bridgehead atoms. The maximum absolute atomic E-state index is 12.7. The average Bonchev–Trinajstić information content (AvgIpc) is 2.85. The molecule has 1 saturated heterocycles. The van der Waals surface area contributed by atoms with Gasteiger partial charge in [0.05, 0.1) is 11.6 Å². The average molecular weight is 475 g/mol. The van der Waals surface area contributed by atoms with Gasteiger partial charge in [0.25, 0.3) is 5.82 Å². The summed E-state index contributed by atoms with van der Waals surface area (Å²) in [5, 5.41) is 0. The molecule has 0 aliphatic carbocycles. The quantitative estimate of drug-likeness (QED) is 0.482. The number of rotatable bonds is 6. The first-order valence-electron chi connectivity index (χ1n) is 12.3. The van der Waals surface area contributed by atoms with Crippen molar-refractivity contribution in [3.8, 4) is 5.75 Å². The van der Waals surface area contributed by atoms with Gasteiger partial charge in [-0.15, -0.1) is 4.98 Å². The Bertz CT molecular complexity index is 1290. The zero-order valence-electron chi connectivity index (χ0n) is 21.4. The van der Waals surface area contributed by atoms with Crippen molar-refractivity contribution >= 4 is 22.7 Å². The van der Waals surface area contributed by atoms with E-state index in [-0.39, 0.29) is 29.9 Å². The summed E-state index contributed by atoms with van der Waals surface area (Å²) in [4.78, 5) is 29.9. The second-order valence-electron chi connectivity index (χ2n) is 9.60. The van der Waals surface area contributed by atoms with E-state index in [0.717, 1.165) is 25.3 Å². The molecule has 2 aromatic heterocycles. The number of pyridine rings is 1. The Labute approximate surface area is 207 Å². The van der Waals surface area contributed by atoms with Crippen LogP contribution < -0.4 is 15.3 Å². The molecule has 0 N–H and O–H groups in total. The summed E-state index contributed by atoms with van der Waals surface area (Å²) in [6.07, 6.45) is 1.11. The van der Waals surface area contributed by atoms with Crippen molar-refractivity contribution in [1.82, 2.24) is 19.4 Å². The lowest BCUT2D eigenvalue weighted by Gasteiger charge is -2.48. The third kappa shape index (κ3) is 4.87. The molecule has 0 radical (unpaired) electrons. The molecule has 1 aliphatic rings. The van der Waals surface area contributed by atoms with Crippen LogP contribution in [0.2, 0.25) is 0 Å². The Balaban J connectivity index is 1.64. The molecule has 35 heavy (non-hydrogen) atoms. The van der Waals surface area contributed by atoms with Crippen molar-refractivity contribution in [3.63, 3.8) is 0 Å². The molecule has 0 spiro atoms. The smallest absolute Gasteiger partial charge is 0.350 e. The number of aryl methyl sites for hydroxylation is 1. The van der Waals surface area contributed by atoms with E-state index >= 15 is 0 Å². The topological polar surface area (TPSA) is 67.9 Å². The van der Waals surface area contributed by atoms with E-state index in [4.69, 9.17) is 11.3 Å². The molecule has 184 valence electrons. The van der Waals surface area contributed by atoms with Crippen LogP contribution in [0.5, 0.6) is 5.75 Å². The number of ether oxygens (including phenoxy) is 1. The highest BCUT2D eigenvalue weighted by Gasteiger charge is 2.36. The van der Waals surface area contributed by atoms with Crippen molar-refractivity contribution < 1.29 is 4.74 Å². The van der Waals surface area contributed by atoms with E-state index in [0.29, 0.717) is 22.7 Å². The van der Waals surface area contributed by atoms with Crippen LogP contribution in [0, 0.1) is 6.57 Å². The minimum absolute atomic E-state index is 0.116. The summed E-state index contributed by atoms with van der Waals surface area (Å²) in [6.45, 7) is 19.6. The van der Waals surface area contributed by atoms with Crippen LogP contribution in [0.15, 0.2) is 41.2 Å². The number of anilines is 1. The summed E-state index contributed by atoms with van der Waals surface area (Å²) in [5.74, 6) is 1.76. The fourth-order valence-electron chi connectivity index (χ4n) is 4.95. The van der Waals surface area contributed by atoms with Gasteiger partial charge in [0, 0.05) is 38.3 Å². The van der Waals surface area contributed by atoms with Crippen LogP contribution in [-0.4, -0.2) is 50.7 Å². The van der Waals surface area contributed by atoms with E-state index in [2.05, 4.69) is 57.5 Å². The van der Waals surface area contributed by atoms with Crippen LogP contribution in [-0.2, 0) is 7.05 Å². The molecule has 8 heteroatoms. The second-order valence-corrected chi connectivity index (χ2v) is 9.60. The first kappa shape index (κ1) is 24.7. The van der Waals surface area contributed by atoms with Gasteiger partial charge in [-0.25, -0.2) is 4.79 Å². The molecule has 3 heterocycles. The lowest BCUT2D eigenvalue weighted by atomic mass is 9.98. The van der Waals surface area contributed by atoms with Gasteiger partial charge in [-0.05, 0) is 63.9 Å². The van der Waals surface area contributed by atoms with Gasteiger partial charge in [-0.2, -0.15) is 4.98 Å². The van der Waals surface area contributed by atoms with Gasteiger partial charge >= 0.3 is 5.69 Å². The number of piperazine rings is 1. The summed E-state index contributed by atoms with van der Waals surface area (Å²) >= 11 is 0. The highest BCUT2D eigenvalue weighted by atomic mass is 16.5. The Morgan fingerprint density at radius 1 is 1.11 bits per heavy atom. The van der Waals surface area contributed by atoms with Crippen molar-refractivity contribution in [3.05, 3.63) is 63.9 Å². The largest absolute Gasteiger partial charge is 0.491 e.